The van der Waals surface area contributed by atoms with Crippen LogP contribution in [0.1, 0.15) is 25.5 Å². The van der Waals surface area contributed by atoms with Gasteiger partial charge in [-0.15, -0.1) is 0 Å². The Balaban J connectivity index is 2.40. The molecule has 0 aliphatic rings. The van der Waals surface area contributed by atoms with Crippen molar-refractivity contribution >= 4 is 21.9 Å². The number of halogens is 1. The van der Waals surface area contributed by atoms with Crippen LogP contribution in [0.5, 0.6) is 0 Å². The number of ether oxygens (including phenoxy) is 1. The molecule has 1 N–H and O–H groups in total. The van der Waals surface area contributed by atoms with Gasteiger partial charge in [-0.25, -0.2) is 4.79 Å². The van der Waals surface area contributed by atoms with Crippen molar-refractivity contribution in [2.24, 2.45) is 0 Å². The lowest BCUT2D eigenvalue weighted by Crippen LogP contribution is -2.19. The van der Waals surface area contributed by atoms with E-state index < -0.39 is 0 Å². The van der Waals surface area contributed by atoms with Crippen LogP contribution in [0.15, 0.2) is 40.9 Å². The minimum atomic E-state index is -0.298. The van der Waals surface area contributed by atoms with E-state index in [-0.39, 0.29) is 12.0 Å². The van der Waals surface area contributed by atoms with Crippen molar-refractivity contribution in [1.29, 1.82) is 0 Å². The molecule has 4 heteroatoms. The topological polar surface area (TPSA) is 38.3 Å². The lowest BCUT2D eigenvalue weighted by atomic mass is 10.1. The van der Waals surface area contributed by atoms with Crippen LogP contribution in [0.25, 0.3) is 0 Å². The number of esters is 1. The number of carbonyl (C=O) groups is 1. The van der Waals surface area contributed by atoms with Crippen LogP contribution in [0.3, 0.4) is 0 Å². The van der Waals surface area contributed by atoms with Crippen molar-refractivity contribution in [3.8, 4) is 0 Å². The summed E-state index contributed by atoms with van der Waals surface area (Å²) in [5.74, 6) is -0.298. The van der Waals surface area contributed by atoms with Crippen LogP contribution in [-0.4, -0.2) is 19.1 Å². The van der Waals surface area contributed by atoms with E-state index in [0.717, 1.165) is 4.47 Å². The van der Waals surface area contributed by atoms with Crippen molar-refractivity contribution in [3.63, 3.8) is 0 Å². The Morgan fingerprint density at radius 1 is 1.50 bits per heavy atom. The van der Waals surface area contributed by atoms with Gasteiger partial charge in [-0.3, -0.25) is 0 Å². The van der Waals surface area contributed by atoms with Crippen LogP contribution >= 0.6 is 15.9 Å². The van der Waals surface area contributed by atoms with Crippen LogP contribution in [-0.2, 0) is 9.53 Å². The normalized spacial score (nSPS) is 12.6. The maximum absolute atomic E-state index is 11.1. The standard InChI is InChI=1S/C14H18BrNO2/c1-3-18-14(17)9-6-10-16-11(2)12-7-4-5-8-13(12)15/h4-9,11,16H,3,10H2,1-2H3/b9-6+/t11-/m0/s1. The molecule has 0 spiro atoms. The molecule has 0 heterocycles. The number of nitrogens with one attached hydrogen (secondary N) is 1. The molecule has 0 saturated carbocycles. The third kappa shape index (κ3) is 5.02. The van der Waals surface area contributed by atoms with Gasteiger partial charge < -0.3 is 10.1 Å². The molecule has 98 valence electrons. The fraction of sp³-hybridized carbons (Fsp3) is 0.357. The van der Waals surface area contributed by atoms with Gasteiger partial charge in [0.05, 0.1) is 6.61 Å². The highest BCUT2D eigenvalue weighted by Gasteiger charge is 2.06. The van der Waals surface area contributed by atoms with Crippen molar-refractivity contribution in [2.45, 2.75) is 19.9 Å². The van der Waals surface area contributed by atoms with Crippen LogP contribution in [0.4, 0.5) is 0 Å². The second kappa shape index (κ2) is 8.06. The van der Waals surface area contributed by atoms with E-state index >= 15 is 0 Å². The number of hydrogen-bond acceptors (Lipinski definition) is 3. The van der Waals surface area contributed by atoms with Gasteiger partial charge in [0.2, 0.25) is 0 Å². The zero-order chi connectivity index (χ0) is 13.4. The van der Waals surface area contributed by atoms with Gasteiger partial charge in [0, 0.05) is 23.1 Å². The highest BCUT2D eigenvalue weighted by atomic mass is 79.9. The maximum Gasteiger partial charge on any atom is 0.330 e. The minimum Gasteiger partial charge on any atom is -0.463 e. The van der Waals surface area contributed by atoms with E-state index in [1.807, 2.05) is 18.2 Å². The summed E-state index contributed by atoms with van der Waals surface area (Å²) in [7, 11) is 0. The summed E-state index contributed by atoms with van der Waals surface area (Å²) in [5, 5.41) is 3.31. The first-order valence-corrected chi connectivity index (χ1v) is 6.75. The van der Waals surface area contributed by atoms with E-state index in [2.05, 4.69) is 34.2 Å². The predicted molar refractivity (Wildman–Crippen MR) is 76.3 cm³/mol. The van der Waals surface area contributed by atoms with Crippen molar-refractivity contribution in [2.75, 3.05) is 13.2 Å². The van der Waals surface area contributed by atoms with E-state index in [0.29, 0.717) is 13.2 Å². The van der Waals surface area contributed by atoms with Crippen LogP contribution < -0.4 is 5.32 Å². The molecule has 0 unspecified atom stereocenters. The Morgan fingerprint density at radius 3 is 2.89 bits per heavy atom. The molecular formula is C14H18BrNO2. The molecule has 0 amide bonds. The third-order valence-electron chi connectivity index (χ3n) is 2.45. The van der Waals surface area contributed by atoms with Crippen LogP contribution in [0.2, 0.25) is 0 Å². The molecule has 0 aliphatic carbocycles. The SMILES string of the molecule is CCOC(=O)/C=C/CN[C@@H](C)c1ccccc1Br. The molecule has 0 aliphatic heterocycles. The Hall–Kier alpha value is -1.13. The molecule has 1 aromatic rings. The minimum absolute atomic E-state index is 0.215. The molecule has 18 heavy (non-hydrogen) atoms. The maximum atomic E-state index is 11.1. The highest BCUT2D eigenvalue weighted by Crippen LogP contribution is 2.22. The second-order valence-corrected chi connectivity index (χ2v) is 4.66. The highest BCUT2D eigenvalue weighted by molar-refractivity contribution is 9.10. The fourth-order valence-electron chi connectivity index (χ4n) is 1.53. The summed E-state index contributed by atoms with van der Waals surface area (Å²) >= 11 is 3.52. The van der Waals surface area contributed by atoms with E-state index in [1.165, 1.54) is 11.6 Å². The largest absolute Gasteiger partial charge is 0.463 e. The van der Waals surface area contributed by atoms with Crippen LogP contribution in [0, 0.1) is 0 Å². The van der Waals surface area contributed by atoms with E-state index in [9.17, 15) is 4.79 Å². The van der Waals surface area contributed by atoms with Gasteiger partial charge in [0.25, 0.3) is 0 Å². The molecule has 0 saturated heterocycles. The molecule has 1 atom stereocenters. The lowest BCUT2D eigenvalue weighted by Gasteiger charge is -2.14. The Kier molecular flexibility index (Phi) is 6.68. The zero-order valence-electron chi connectivity index (χ0n) is 10.7. The molecule has 3 nitrogen and oxygen atoms in total. The summed E-state index contributed by atoms with van der Waals surface area (Å²) in [4.78, 5) is 11.1. The Labute approximate surface area is 116 Å². The molecule has 0 aromatic heterocycles. The lowest BCUT2D eigenvalue weighted by molar-refractivity contribution is -0.137. The van der Waals surface area contributed by atoms with Gasteiger partial charge >= 0.3 is 5.97 Å². The average molecular weight is 312 g/mol. The number of rotatable bonds is 6. The molecule has 0 radical (unpaired) electrons. The van der Waals surface area contributed by atoms with Crippen molar-refractivity contribution in [1.82, 2.24) is 5.32 Å². The fourth-order valence-corrected chi connectivity index (χ4v) is 2.15. The first kappa shape index (κ1) is 14.9. The van der Waals surface area contributed by atoms with Crippen molar-refractivity contribution < 1.29 is 9.53 Å². The average Bonchev–Trinajstić information content (AvgIpc) is 2.35. The molecule has 1 aromatic carbocycles. The summed E-state index contributed by atoms with van der Waals surface area (Å²) in [6.45, 7) is 4.91. The monoisotopic (exact) mass is 311 g/mol. The summed E-state index contributed by atoms with van der Waals surface area (Å²) < 4.78 is 5.87. The number of benzene rings is 1. The van der Waals surface area contributed by atoms with Gasteiger partial charge in [-0.1, -0.05) is 40.2 Å². The predicted octanol–water partition coefficient (Wildman–Crippen LogP) is 3.22. The molecule has 0 bridgehead atoms. The smallest absolute Gasteiger partial charge is 0.330 e. The zero-order valence-corrected chi connectivity index (χ0v) is 12.2. The first-order chi connectivity index (χ1) is 8.65. The summed E-state index contributed by atoms with van der Waals surface area (Å²) in [6.07, 6.45) is 3.22. The number of hydrogen-bond donors (Lipinski definition) is 1. The van der Waals surface area contributed by atoms with Gasteiger partial charge in [0.15, 0.2) is 0 Å². The van der Waals surface area contributed by atoms with Crippen molar-refractivity contribution in [3.05, 3.63) is 46.5 Å². The van der Waals surface area contributed by atoms with Gasteiger partial charge in [-0.2, -0.15) is 0 Å². The number of carbonyl (C=O) groups excluding carboxylic acids is 1. The first-order valence-electron chi connectivity index (χ1n) is 5.96. The van der Waals surface area contributed by atoms with E-state index in [1.54, 1.807) is 13.0 Å². The molecular weight excluding hydrogens is 294 g/mol. The van der Waals surface area contributed by atoms with E-state index in [4.69, 9.17) is 4.74 Å². The second-order valence-electron chi connectivity index (χ2n) is 3.81. The third-order valence-corrected chi connectivity index (χ3v) is 3.18. The molecule has 0 fully saturated rings. The summed E-state index contributed by atoms with van der Waals surface area (Å²) in [5.41, 5.74) is 1.20. The van der Waals surface area contributed by atoms with Gasteiger partial charge in [-0.05, 0) is 25.5 Å². The quantitative estimate of drug-likeness (QED) is 0.647. The molecule has 1 rings (SSSR count). The Morgan fingerprint density at radius 2 is 2.22 bits per heavy atom. The Bertz CT molecular complexity index is 418. The summed E-state index contributed by atoms with van der Waals surface area (Å²) in [6, 6.07) is 8.29. The van der Waals surface area contributed by atoms with Gasteiger partial charge in [0.1, 0.15) is 0 Å².